The Hall–Kier alpha value is -1.17. The fraction of sp³-hybridized carbons (Fsp3) is 0.692. The van der Waals surface area contributed by atoms with Crippen molar-refractivity contribution < 1.29 is 4.21 Å². The third-order valence-electron chi connectivity index (χ3n) is 2.76. The van der Waals surface area contributed by atoms with E-state index in [1.165, 1.54) is 0 Å². The topological polar surface area (TPSA) is 80.9 Å². The van der Waals surface area contributed by atoms with E-state index in [4.69, 9.17) is 5.73 Å². The standard InChI is InChI=1S/C13H24N4OS/c1-9-10(14)16-12(13(2,3)4)17-11(9)15-7-6-8-19(5)18/h6-8H2,1-5H3,(H3,14,15,16,17). The zero-order valence-electron chi connectivity index (χ0n) is 12.4. The van der Waals surface area contributed by atoms with Crippen molar-refractivity contribution in [2.24, 2.45) is 0 Å². The zero-order chi connectivity index (χ0) is 14.6. The molecule has 0 spiro atoms. The van der Waals surface area contributed by atoms with Crippen LogP contribution in [0, 0.1) is 6.92 Å². The van der Waals surface area contributed by atoms with Crippen LogP contribution >= 0.6 is 0 Å². The fourth-order valence-electron chi connectivity index (χ4n) is 1.52. The van der Waals surface area contributed by atoms with Crippen molar-refractivity contribution in [1.82, 2.24) is 9.97 Å². The molecular formula is C13H24N4OS. The van der Waals surface area contributed by atoms with Crippen LogP contribution in [0.1, 0.15) is 38.6 Å². The first-order chi connectivity index (χ1) is 8.71. The van der Waals surface area contributed by atoms with Crippen LogP contribution in [0.25, 0.3) is 0 Å². The molecule has 1 atom stereocenters. The second-order valence-electron chi connectivity index (χ2n) is 5.71. The van der Waals surface area contributed by atoms with E-state index in [0.717, 1.165) is 30.2 Å². The molecule has 0 radical (unpaired) electrons. The molecule has 0 aromatic carbocycles. The van der Waals surface area contributed by atoms with E-state index in [2.05, 4.69) is 36.1 Å². The van der Waals surface area contributed by atoms with Crippen LogP contribution in [0.3, 0.4) is 0 Å². The highest BCUT2D eigenvalue weighted by Gasteiger charge is 2.20. The van der Waals surface area contributed by atoms with Gasteiger partial charge in [0.15, 0.2) is 0 Å². The molecule has 1 aromatic heterocycles. The Kier molecular flexibility index (Phi) is 5.29. The minimum Gasteiger partial charge on any atom is -0.383 e. The van der Waals surface area contributed by atoms with E-state index in [1.807, 2.05) is 6.92 Å². The fourth-order valence-corrected chi connectivity index (χ4v) is 2.07. The van der Waals surface area contributed by atoms with E-state index >= 15 is 0 Å². The van der Waals surface area contributed by atoms with Crippen molar-refractivity contribution in [3.8, 4) is 0 Å². The molecule has 6 heteroatoms. The molecule has 0 bridgehead atoms. The van der Waals surface area contributed by atoms with Crippen LogP contribution in [-0.2, 0) is 16.2 Å². The van der Waals surface area contributed by atoms with Gasteiger partial charge >= 0.3 is 0 Å². The predicted molar refractivity (Wildman–Crippen MR) is 81.9 cm³/mol. The smallest absolute Gasteiger partial charge is 0.138 e. The normalized spacial score (nSPS) is 13.3. The minimum atomic E-state index is -0.749. The first-order valence-corrected chi connectivity index (χ1v) is 8.13. The molecule has 0 saturated carbocycles. The predicted octanol–water partition coefficient (Wildman–Crippen LogP) is 1.85. The summed E-state index contributed by atoms with van der Waals surface area (Å²) in [6, 6.07) is 0. The van der Waals surface area contributed by atoms with Crippen molar-refractivity contribution in [3.05, 3.63) is 11.4 Å². The first kappa shape index (κ1) is 15.9. The lowest BCUT2D eigenvalue weighted by Crippen LogP contribution is -2.20. The van der Waals surface area contributed by atoms with E-state index in [9.17, 15) is 4.21 Å². The molecule has 108 valence electrons. The van der Waals surface area contributed by atoms with Gasteiger partial charge in [-0.15, -0.1) is 0 Å². The molecule has 19 heavy (non-hydrogen) atoms. The summed E-state index contributed by atoms with van der Waals surface area (Å²) in [5, 5.41) is 3.26. The Bertz CT molecular complexity index is 468. The molecule has 0 amide bonds. The average Bonchev–Trinajstić information content (AvgIpc) is 2.27. The van der Waals surface area contributed by atoms with Crippen LogP contribution in [0.2, 0.25) is 0 Å². The Morgan fingerprint density at radius 3 is 2.47 bits per heavy atom. The summed E-state index contributed by atoms with van der Waals surface area (Å²) in [6.07, 6.45) is 2.56. The van der Waals surface area contributed by atoms with E-state index in [1.54, 1.807) is 6.26 Å². The van der Waals surface area contributed by atoms with E-state index in [0.29, 0.717) is 11.6 Å². The van der Waals surface area contributed by atoms with Gasteiger partial charge in [-0.1, -0.05) is 20.8 Å². The monoisotopic (exact) mass is 284 g/mol. The number of nitrogen functional groups attached to an aromatic ring is 1. The van der Waals surface area contributed by atoms with Gasteiger partial charge < -0.3 is 11.1 Å². The van der Waals surface area contributed by atoms with Crippen molar-refractivity contribution in [3.63, 3.8) is 0 Å². The van der Waals surface area contributed by atoms with Gasteiger partial charge in [0.2, 0.25) is 0 Å². The second kappa shape index (κ2) is 6.32. The maximum Gasteiger partial charge on any atom is 0.138 e. The summed E-state index contributed by atoms with van der Waals surface area (Å²) in [4.78, 5) is 8.88. The van der Waals surface area contributed by atoms with Gasteiger partial charge in [-0.05, 0) is 13.3 Å². The molecule has 0 aliphatic carbocycles. The van der Waals surface area contributed by atoms with E-state index < -0.39 is 10.8 Å². The summed E-state index contributed by atoms with van der Waals surface area (Å²) in [7, 11) is -0.749. The Morgan fingerprint density at radius 1 is 1.32 bits per heavy atom. The highest BCUT2D eigenvalue weighted by Crippen LogP contribution is 2.24. The van der Waals surface area contributed by atoms with Crippen LogP contribution in [0.4, 0.5) is 11.6 Å². The molecule has 3 N–H and O–H groups in total. The third-order valence-corrected chi connectivity index (χ3v) is 3.62. The maximum atomic E-state index is 11.0. The largest absolute Gasteiger partial charge is 0.383 e. The molecule has 1 heterocycles. The van der Waals surface area contributed by atoms with Crippen LogP contribution in [-0.4, -0.2) is 32.7 Å². The summed E-state index contributed by atoms with van der Waals surface area (Å²) in [6.45, 7) is 8.81. The van der Waals surface area contributed by atoms with Crippen LogP contribution < -0.4 is 11.1 Å². The number of rotatable bonds is 5. The van der Waals surface area contributed by atoms with Gasteiger partial charge in [-0.2, -0.15) is 0 Å². The lowest BCUT2D eigenvalue weighted by molar-refractivity contribution is 0.546. The minimum absolute atomic E-state index is 0.136. The van der Waals surface area contributed by atoms with Crippen molar-refractivity contribution in [1.29, 1.82) is 0 Å². The van der Waals surface area contributed by atoms with Gasteiger partial charge in [-0.3, -0.25) is 4.21 Å². The average molecular weight is 284 g/mol. The SMILES string of the molecule is Cc1c(N)nc(C(C)(C)C)nc1NCCCS(C)=O. The number of hydrogen-bond acceptors (Lipinski definition) is 5. The first-order valence-electron chi connectivity index (χ1n) is 6.40. The molecule has 0 aliphatic heterocycles. The summed E-state index contributed by atoms with van der Waals surface area (Å²) in [5.74, 6) is 2.72. The second-order valence-corrected chi connectivity index (χ2v) is 7.27. The van der Waals surface area contributed by atoms with Gasteiger partial charge in [0.05, 0.1) is 0 Å². The Balaban J connectivity index is 2.82. The molecule has 0 aliphatic rings. The zero-order valence-corrected chi connectivity index (χ0v) is 13.2. The Labute approximate surface area is 117 Å². The molecule has 1 aromatic rings. The maximum absolute atomic E-state index is 11.0. The van der Waals surface area contributed by atoms with Crippen LogP contribution in [0.5, 0.6) is 0 Å². The van der Waals surface area contributed by atoms with Crippen LogP contribution in [0.15, 0.2) is 0 Å². The lowest BCUT2D eigenvalue weighted by Gasteiger charge is -2.19. The number of nitrogens with zero attached hydrogens (tertiary/aromatic N) is 2. The van der Waals surface area contributed by atoms with Gasteiger partial charge in [0, 0.05) is 40.3 Å². The summed E-state index contributed by atoms with van der Waals surface area (Å²) >= 11 is 0. The summed E-state index contributed by atoms with van der Waals surface area (Å²) < 4.78 is 11.0. The van der Waals surface area contributed by atoms with Gasteiger partial charge in [0.1, 0.15) is 17.5 Å². The van der Waals surface area contributed by atoms with Crippen molar-refractivity contribution in [2.45, 2.75) is 39.5 Å². The number of anilines is 2. The van der Waals surface area contributed by atoms with E-state index in [-0.39, 0.29) is 5.41 Å². The number of hydrogen-bond donors (Lipinski definition) is 2. The molecular weight excluding hydrogens is 260 g/mol. The number of nitrogens with two attached hydrogens (primary N) is 1. The highest BCUT2D eigenvalue weighted by atomic mass is 32.2. The molecule has 1 rings (SSSR count). The molecule has 5 nitrogen and oxygen atoms in total. The quantitative estimate of drug-likeness (QED) is 0.806. The Morgan fingerprint density at radius 2 is 1.95 bits per heavy atom. The number of aromatic nitrogens is 2. The molecule has 0 saturated heterocycles. The number of nitrogens with one attached hydrogen (secondary N) is 1. The molecule has 1 unspecified atom stereocenters. The third kappa shape index (κ3) is 4.78. The molecule has 0 fully saturated rings. The van der Waals surface area contributed by atoms with Gasteiger partial charge in [-0.25, -0.2) is 9.97 Å². The van der Waals surface area contributed by atoms with Crippen molar-refractivity contribution in [2.75, 3.05) is 29.6 Å². The highest BCUT2D eigenvalue weighted by molar-refractivity contribution is 7.84. The van der Waals surface area contributed by atoms with Gasteiger partial charge in [0.25, 0.3) is 0 Å². The van der Waals surface area contributed by atoms with Crippen molar-refractivity contribution >= 4 is 22.4 Å². The lowest BCUT2D eigenvalue weighted by atomic mass is 9.95. The summed E-state index contributed by atoms with van der Waals surface area (Å²) in [5.41, 5.74) is 6.66.